The Morgan fingerprint density at radius 3 is 2.33 bits per heavy atom. The molecule has 0 aliphatic heterocycles. The van der Waals surface area contributed by atoms with Crippen LogP contribution in [0, 0.1) is 0 Å². The molecule has 1 aromatic rings. The molecule has 0 aliphatic rings. The fourth-order valence-corrected chi connectivity index (χ4v) is 1.58. The van der Waals surface area contributed by atoms with Gasteiger partial charge < -0.3 is 10.0 Å². The Morgan fingerprint density at radius 1 is 1.27 bits per heavy atom. The summed E-state index contributed by atoms with van der Waals surface area (Å²) in [6, 6.07) is 3.93. The van der Waals surface area contributed by atoms with Gasteiger partial charge in [0.1, 0.15) is 0 Å². The molecule has 0 aromatic carbocycles. The van der Waals surface area contributed by atoms with Gasteiger partial charge in [0.05, 0.1) is 23.7 Å². The van der Waals surface area contributed by atoms with E-state index in [1.165, 1.54) is 0 Å². The molecule has 0 fully saturated rings. The third-order valence-electron chi connectivity index (χ3n) is 2.63. The smallest absolute Gasteiger partial charge is 0.0957 e. The molecule has 0 radical (unpaired) electrons. The molecule has 3 heteroatoms. The lowest BCUT2D eigenvalue weighted by Gasteiger charge is -2.20. The number of hydrogen-bond acceptors (Lipinski definition) is 3. The van der Waals surface area contributed by atoms with Gasteiger partial charge in [-0.2, -0.15) is 0 Å². The predicted molar refractivity (Wildman–Crippen MR) is 63.0 cm³/mol. The Kier molecular flexibility index (Phi) is 4.56. The maximum Gasteiger partial charge on any atom is 0.0957 e. The molecule has 0 unspecified atom stereocenters. The molecule has 3 nitrogen and oxygen atoms in total. The minimum Gasteiger partial charge on any atom is -0.387 e. The number of pyridine rings is 1. The van der Waals surface area contributed by atoms with E-state index in [0.717, 1.165) is 24.5 Å². The number of aromatic nitrogens is 1. The van der Waals surface area contributed by atoms with Crippen LogP contribution in [0.4, 0.5) is 5.69 Å². The van der Waals surface area contributed by atoms with E-state index in [9.17, 15) is 5.11 Å². The van der Waals surface area contributed by atoms with Crippen LogP contribution in [0.3, 0.4) is 0 Å². The highest BCUT2D eigenvalue weighted by Crippen LogP contribution is 2.17. The Bertz CT molecular complexity index is 280. The van der Waals surface area contributed by atoms with Gasteiger partial charge >= 0.3 is 0 Å². The van der Waals surface area contributed by atoms with Crippen molar-refractivity contribution in [3.05, 3.63) is 24.0 Å². The average molecular weight is 208 g/mol. The van der Waals surface area contributed by atoms with Crippen molar-refractivity contribution in [1.82, 2.24) is 4.98 Å². The molecule has 0 aliphatic carbocycles. The molecule has 0 bridgehead atoms. The number of anilines is 1. The zero-order chi connectivity index (χ0) is 11.3. The molecule has 1 aromatic heterocycles. The normalized spacial score (nSPS) is 12.5. The lowest BCUT2D eigenvalue weighted by Crippen LogP contribution is -2.21. The fraction of sp³-hybridized carbons (Fsp3) is 0.583. The highest BCUT2D eigenvalue weighted by atomic mass is 16.3. The second kappa shape index (κ2) is 5.71. The van der Waals surface area contributed by atoms with Gasteiger partial charge in [0, 0.05) is 13.1 Å². The fourth-order valence-electron chi connectivity index (χ4n) is 1.58. The van der Waals surface area contributed by atoms with Crippen molar-refractivity contribution in [2.45, 2.75) is 33.3 Å². The first kappa shape index (κ1) is 12.0. The maximum absolute atomic E-state index is 9.60. The molecule has 0 amide bonds. The summed E-state index contributed by atoms with van der Waals surface area (Å²) in [5, 5.41) is 9.60. The number of aliphatic hydroxyl groups excluding tert-OH is 1. The third-order valence-corrected chi connectivity index (χ3v) is 2.63. The third kappa shape index (κ3) is 2.93. The summed E-state index contributed by atoms with van der Waals surface area (Å²) in [6.45, 7) is 8.16. The summed E-state index contributed by atoms with van der Waals surface area (Å²) < 4.78 is 0. The Balaban J connectivity index is 2.79. The van der Waals surface area contributed by atoms with Crippen LogP contribution in [0.15, 0.2) is 18.3 Å². The highest BCUT2D eigenvalue weighted by molar-refractivity contribution is 5.44. The van der Waals surface area contributed by atoms with Crippen LogP contribution < -0.4 is 4.90 Å². The number of hydrogen-bond donors (Lipinski definition) is 1. The van der Waals surface area contributed by atoms with E-state index in [-0.39, 0.29) is 0 Å². The van der Waals surface area contributed by atoms with Crippen molar-refractivity contribution in [3.63, 3.8) is 0 Å². The highest BCUT2D eigenvalue weighted by Gasteiger charge is 2.07. The van der Waals surface area contributed by atoms with E-state index in [2.05, 4.69) is 23.7 Å². The van der Waals surface area contributed by atoms with Crippen LogP contribution in [0.25, 0.3) is 0 Å². The van der Waals surface area contributed by atoms with E-state index >= 15 is 0 Å². The zero-order valence-electron chi connectivity index (χ0n) is 9.77. The summed E-state index contributed by atoms with van der Waals surface area (Å²) >= 11 is 0. The molecular weight excluding hydrogens is 188 g/mol. The van der Waals surface area contributed by atoms with Crippen molar-refractivity contribution < 1.29 is 5.11 Å². The van der Waals surface area contributed by atoms with Crippen LogP contribution >= 0.6 is 0 Å². The van der Waals surface area contributed by atoms with Crippen molar-refractivity contribution >= 4 is 5.69 Å². The molecule has 1 N–H and O–H groups in total. The standard InChI is InChI=1S/C12H20N2O/c1-4-12(15)11-8-7-10(9-13-11)14(5-2)6-3/h7-9,12,15H,4-6H2,1-3H3/t12-/m0/s1. The summed E-state index contributed by atoms with van der Waals surface area (Å²) in [7, 11) is 0. The minimum absolute atomic E-state index is 0.434. The van der Waals surface area contributed by atoms with Gasteiger partial charge in [-0.3, -0.25) is 4.98 Å². The van der Waals surface area contributed by atoms with Gasteiger partial charge in [0.2, 0.25) is 0 Å². The number of rotatable bonds is 5. The van der Waals surface area contributed by atoms with Crippen LogP contribution in [-0.2, 0) is 0 Å². The molecule has 84 valence electrons. The van der Waals surface area contributed by atoms with E-state index in [0.29, 0.717) is 6.42 Å². The SMILES string of the molecule is CC[C@H](O)c1ccc(N(CC)CC)cn1. The maximum atomic E-state index is 9.60. The van der Waals surface area contributed by atoms with Crippen molar-refractivity contribution in [3.8, 4) is 0 Å². The summed E-state index contributed by atoms with van der Waals surface area (Å²) in [5.74, 6) is 0. The van der Waals surface area contributed by atoms with Gasteiger partial charge in [-0.1, -0.05) is 6.92 Å². The van der Waals surface area contributed by atoms with Gasteiger partial charge in [-0.05, 0) is 32.4 Å². The largest absolute Gasteiger partial charge is 0.387 e. The van der Waals surface area contributed by atoms with Crippen LogP contribution in [0.5, 0.6) is 0 Å². The Hall–Kier alpha value is -1.09. The van der Waals surface area contributed by atoms with Crippen LogP contribution in [0.1, 0.15) is 39.0 Å². The minimum atomic E-state index is -0.434. The second-order valence-electron chi connectivity index (χ2n) is 3.54. The van der Waals surface area contributed by atoms with E-state index in [1.54, 1.807) is 0 Å². The second-order valence-corrected chi connectivity index (χ2v) is 3.54. The van der Waals surface area contributed by atoms with Gasteiger partial charge in [-0.25, -0.2) is 0 Å². The monoisotopic (exact) mass is 208 g/mol. The average Bonchev–Trinajstić information content (AvgIpc) is 2.30. The predicted octanol–water partition coefficient (Wildman–Crippen LogP) is 2.37. The van der Waals surface area contributed by atoms with Crippen LogP contribution in [-0.4, -0.2) is 23.2 Å². The van der Waals surface area contributed by atoms with Crippen molar-refractivity contribution in [1.29, 1.82) is 0 Å². The van der Waals surface area contributed by atoms with E-state index in [4.69, 9.17) is 0 Å². The summed E-state index contributed by atoms with van der Waals surface area (Å²) in [4.78, 5) is 6.51. The Labute approximate surface area is 91.8 Å². The quantitative estimate of drug-likeness (QED) is 0.807. The summed E-state index contributed by atoms with van der Waals surface area (Å²) in [6.07, 6.45) is 2.11. The first-order valence-electron chi connectivity index (χ1n) is 5.61. The lowest BCUT2D eigenvalue weighted by molar-refractivity contribution is 0.169. The Morgan fingerprint density at radius 2 is 1.93 bits per heavy atom. The van der Waals surface area contributed by atoms with Gasteiger partial charge in [0.25, 0.3) is 0 Å². The van der Waals surface area contributed by atoms with Gasteiger partial charge in [-0.15, -0.1) is 0 Å². The molecular formula is C12H20N2O. The van der Waals surface area contributed by atoms with E-state index < -0.39 is 6.10 Å². The molecule has 15 heavy (non-hydrogen) atoms. The first-order chi connectivity index (χ1) is 7.22. The number of nitrogens with zero attached hydrogens (tertiary/aromatic N) is 2. The zero-order valence-corrected chi connectivity index (χ0v) is 9.77. The van der Waals surface area contributed by atoms with Crippen molar-refractivity contribution in [2.75, 3.05) is 18.0 Å². The molecule has 0 spiro atoms. The van der Waals surface area contributed by atoms with E-state index in [1.807, 2.05) is 25.3 Å². The lowest BCUT2D eigenvalue weighted by atomic mass is 10.2. The van der Waals surface area contributed by atoms with Crippen molar-refractivity contribution in [2.24, 2.45) is 0 Å². The molecule has 1 atom stereocenters. The first-order valence-corrected chi connectivity index (χ1v) is 5.61. The number of aliphatic hydroxyl groups is 1. The molecule has 0 saturated carbocycles. The van der Waals surface area contributed by atoms with Gasteiger partial charge in [0.15, 0.2) is 0 Å². The summed E-state index contributed by atoms with van der Waals surface area (Å²) in [5.41, 5.74) is 1.88. The van der Waals surface area contributed by atoms with Crippen LogP contribution in [0.2, 0.25) is 0 Å². The molecule has 1 rings (SSSR count). The molecule has 1 heterocycles. The topological polar surface area (TPSA) is 36.4 Å². The molecule has 0 saturated heterocycles.